The zero-order valence-electron chi connectivity index (χ0n) is 12.0. The van der Waals surface area contributed by atoms with Crippen molar-refractivity contribution >= 4 is 15.9 Å². The van der Waals surface area contributed by atoms with Crippen LogP contribution in [0.2, 0.25) is 0 Å². The van der Waals surface area contributed by atoms with Crippen molar-refractivity contribution in [1.82, 2.24) is 0 Å². The molecular formula is C16H21BrO3. The molecule has 0 bridgehead atoms. The molecule has 3 rings (SSSR count). The Morgan fingerprint density at radius 2 is 2.00 bits per heavy atom. The maximum absolute atomic E-state index is 10.3. The van der Waals surface area contributed by atoms with Crippen molar-refractivity contribution in [2.24, 2.45) is 0 Å². The molecular weight excluding hydrogens is 320 g/mol. The normalized spacial score (nSPS) is 19.9. The molecule has 1 heterocycles. The van der Waals surface area contributed by atoms with Gasteiger partial charge in [0.15, 0.2) is 11.5 Å². The lowest BCUT2D eigenvalue weighted by Gasteiger charge is -2.22. The molecule has 1 aliphatic heterocycles. The predicted molar refractivity (Wildman–Crippen MR) is 81.7 cm³/mol. The Morgan fingerprint density at radius 1 is 1.30 bits per heavy atom. The molecule has 0 saturated heterocycles. The van der Waals surface area contributed by atoms with E-state index in [4.69, 9.17) is 9.47 Å². The number of benzene rings is 1. The summed E-state index contributed by atoms with van der Waals surface area (Å²) >= 11 is 3.65. The topological polar surface area (TPSA) is 38.7 Å². The van der Waals surface area contributed by atoms with Crippen LogP contribution in [0.4, 0.5) is 0 Å². The average molecular weight is 341 g/mol. The third-order valence-electron chi connectivity index (χ3n) is 4.04. The molecule has 3 nitrogen and oxygen atoms in total. The lowest BCUT2D eigenvalue weighted by molar-refractivity contribution is 0.150. The van der Waals surface area contributed by atoms with Crippen molar-refractivity contribution in [1.29, 1.82) is 0 Å². The van der Waals surface area contributed by atoms with Crippen LogP contribution >= 0.6 is 15.9 Å². The smallest absolute Gasteiger partial charge is 0.164 e. The predicted octanol–water partition coefficient (Wildman–Crippen LogP) is 3.80. The van der Waals surface area contributed by atoms with Gasteiger partial charge in [0, 0.05) is 22.9 Å². The van der Waals surface area contributed by atoms with Gasteiger partial charge >= 0.3 is 0 Å². The SMILES string of the molecule is CC(C)c1c(CC2(O)CC2)c(Br)cc2c1OCCCO2. The Balaban J connectivity index is 2.10. The Hall–Kier alpha value is -0.740. The van der Waals surface area contributed by atoms with E-state index >= 15 is 0 Å². The molecule has 0 unspecified atom stereocenters. The second-order valence-corrected chi connectivity index (χ2v) is 7.04. The van der Waals surface area contributed by atoms with Crippen LogP contribution in [0, 0.1) is 0 Å². The molecule has 2 aliphatic rings. The number of halogens is 1. The second kappa shape index (κ2) is 5.23. The number of aliphatic hydroxyl groups is 1. The fraction of sp³-hybridized carbons (Fsp3) is 0.625. The fourth-order valence-electron chi connectivity index (χ4n) is 2.78. The van der Waals surface area contributed by atoms with Gasteiger partial charge < -0.3 is 14.6 Å². The van der Waals surface area contributed by atoms with Crippen LogP contribution in [0.5, 0.6) is 11.5 Å². The summed E-state index contributed by atoms with van der Waals surface area (Å²) in [5, 5.41) is 10.3. The van der Waals surface area contributed by atoms with E-state index in [-0.39, 0.29) is 0 Å². The van der Waals surface area contributed by atoms with Gasteiger partial charge in [0.25, 0.3) is 0 Å². The van der Waals surface area contributed by atoms with Gasteiger partial charge in [-0.25, -0.2) is 0 Å². The zero-order chi connectivity index (χ0) is 14.3. The zero-order valence-corrected chi connectivity index (χ0v) is 13.6. The average Bonchev–Trinajstić information content (AvgIpc) is 3.13. The van der Waals surface area contributed by atoms with Gasteiger partial charge in [-0.2, -0.15) is 0 Å². The van der Waals surface area contributed by atoms with E-state index in [1.165, 1.54) is 11.1 Å². The Morgan fingerprint density at radius 3 is 2.65 bits per heavy atom. The fourth-order valence-corrected chi connectivity index (χ4v) is 3.34. The van der Waals surface area contributed by atoms with Gasteiger partial charge in [0.2, 0.25) is 0 Å². The van der Waals surface area contributed by atoms with Gasteiger partial charge in [-0.15, -0.1) is 0 Å². The first-order valence-corrected chi connectivity index (χ1v) is 8.13. The third kappa shape index (κ3) is 2.68. The quantitative estimate of drug-likeness (QED) is 0.909. The summed E-state index contributed by atoms with van der Waals surface area (Å²) in [7, 11) is 0. The van der Waals surface area contributed by atoms with Crippen LogP contribution < -0.4 is 9.47 Å². The molecule has 0 radical (unpaired) electrons. The summed E-state index contributed by atoms with van der Waals surface area (Å²) in [6.07, 6.45) is 3.39. The van der Waals surface area contributed by atoms with Crippen molar-refractivity contribution in [3.8, 4) is 11.5 Å². The summed E-state index contributed by atoms with van der Waals surface area (Å²) in [5.41, 5.74) is 1.84. The summed E-state index contributed by atoms with van der Waals surface area (Å²) in [6, 6.07) is 1.99. The van der Waals surface area contributed by atoms with Crippen LogP contribution in [-0.2, 0) is 6.42 Å². The molecule has 1 aromatic rings. The first kappa shape index (κ1) is 14.2. The first-order valence-electron chi connectivity index (χ1n) is 7.33. The van der Waals surface area contributed by atoms with Crippen molar-refractivity contribution in [2.75, 3.05) is 13.2 Å². The minimum atomic E-state index is -0.508. The van der Waals surface area contributed by atoms with Gasteiger partial charge in [-0.1, -0.05) is 29.8 Å². The van der Waals surface area contributed by atoms with Gasteiger partial charge in [0.05, 0.1) is 18.8 Å². The van der Waals surface area contributed by atoms with Crippen LogP contribution in [0.25, 0.3) is 0 Å². The molecule has 20 heavy (non-hydrogen) atoms. The minimum absolute atomic E-state index is 0.334. The molecule has 1 fully saturated rings. The maximum atomic E-state index is 10.3. The summed E-state index contributed by atoms with van der Waals surface area (Å²) < 4.78 is 12.8. The Bertz CT molecular complexity index is 521. The van der Waals surface area contributed by atoms with E-state index in [0.29, 0.717) is 25.6 Å². The monoisotopic (exact) mass is 340 g/mol. The second-order valence-electron chi connectivity index (χ2n) is 6.18. The van der Waals surface area contributed by atoms with Gasteiger partial charge in [-0.3, -0.25) is 0 Å². The maximum Gasteiger partial charge on any atom is 0.164 e. The molecule has 0 spiro atoms. The van der Waals surface area contributed by atoms with E-state index in [1.807, 2.05) is 6.07 Å². The Labute approximate surface area is 128 Å². The van der Waals surface area contributed by atoms with Gasteiger partial charge in [-0.05, 0) is 30.4 Å². The van der Waals surface area contributed by atoms with Crippen molar-refractivity contribution in [2.45, 2.75) is 51.0 Å². The number of hydrogen-bond donors (Lipinski definition) is 1. The molecule has 0 atom stereocenters. The van der Waals surface area contributed by atoms with Crippen molar-refractivity contribution < 1.29 is 14.6 Å². The van der Waals surface area contributed by atoms with E-state index in [1.54, 1.807) is 0 Å². The standard InChI is InChI=1S/C16H21BrO3/c1-10(2)14-11(9-16(18)4-5-16)12(17)8-13-15(14)20-7-3-6-19-13/h8,10,18H,3-7,9H2,1-2H3. The summed E-state index contributed by atoms with van der Waals surface area (Å²) in [6.45, 7) is 5.71. The van der Waals surface area contributed by atoms with E-state index in [2.05, 4.69) is 29.8 Å². The lowest BCUT2D eigenvalue weighted by atomic mass is 9.91. The highest BCUT2D eigenvalue weighted by atomic mass is 79.9. The highest BCUT2D eigenvalue weighted by Crippen LogP contribution is 2.47. The van der Waals surface area contributed by atoms with E-state index in [0.717, 1.165) is 35.2 Å². The number of rotatable bonds is 3. The molecule has 0 aromatic heterocycles. The first-order chi connectivity index (χ1) is 9.50. The summed E-state index contributed by atoms with van der Waals surface area (Å²) in [4.78, 5) is 0. The van der Waals surface area contributed by atoms with Crippen LogP contribution in [-0.4, -0.2) is 23.9 Å². The Kier molecular flexibility index (Phi) is 3.71. The molecule has 1 N–H and O–H groups in total. The number of fused-ring (bicyclic) bond motifs is 1. The number of hydrogen-bond acceptors (Lipinski definition) is 3. The van der Waals surface area contributed by atoms with Crippen molar-refractivity contribution in [3.05, 3.63) is 21.7 Å². The molecule has 1 saturated carbocycles. The van der Waals surface area contributed by atoms with E-state index in [9.17, 15) is 5.11 Å². The molecule has 1 aliphatic carbocycles. The van der Waals surface area contributed by atoms with E-state index < -0.39 is 5.60 Å². The summed E-state index contributed by atoms with van der Waals surface area (Å²) in [5.74, 6) is 2.03. The largest absolute Gasteiger partial charge is 0.490 e. The molecule has 0 amide bonds. The highest BCUT2D eigenvalue weighted by Gasteiger charge is 2.42. The number of ether oxygens (including phenoxy) is 2. The van der Waals surface area contributed by atoms with Crippen LogP contribution in [0.15, 0.2) is 10.5 Å². The van der Waals surface area contributed by atoms with Crippen LogP contribution in [0.3, 0.4) is 0 Å². The highest BCUT2D eigenvalue weighted by molar-refractivity contribution is 9.10. The lowest BCUT2D eigenvalue weighted by Crippen LogP contribution is -2.14. The molecule has 4 heteroatoms. The molecule has 110 valence electrons. The van der Waals surface area contributed by atoms with Crippen molar-refractivity contribution in [3.63, 3.8) is 0 Å². The molecule has 1 aromatic carbocycles. The minimum Gasteiger partial charge on any atom is -0.490 e. The third-order valence-corrected chi connectivity index (χ3v) is 4.75. The van der Waals surface area contributed by atoms with Crippen LogP contribution in [0.1, 0.15) is 50.2 Å². The van der Waals surface area contributed by atoms with Gasteiger partial charge in [0.1, 0.15) is 0 Å².